The number of hydrogen-bond donors (Lipinski definition) is 3. The number of carbonyl (C=O) groups excluding carboxylic acids is 1. The zero-order chi connectivity index (χ0) is 23.0. The summed E-state index contributed by atoms with van der Waals surface area (Å²) in [7, 11) is 0. The van der Waals surface area contributed by atoms with Gasteiger partial charge in [0.05, 0.1) is 0 Å². The monoisotopic (exact) mass is 455 g/mol. The Hall–Kier alpha value is -3.38. The maximum Gasteiger partial charge on any atom is 0.435 e. The van der Waals surface area contributed by atoms with Crippen LogP contribution >= 0.6 is 0 Å². The van der Waals surface area contributed by atoms with E-state index in [1.165, 1.54) is 12.4 Å². The largest absolute Gasteiger partial charge is 0.443 e. The number of rotatable bonds is 5. The van der Waals surface area contributed by atoms with E-state index in [1.807, 2.05) is 0 Å². The highest BCUT2D eigenvalue weighted by Gasteiger charge is 2.41. The lowest BCUT2D eigenvalue weighted by Crippen LogP contribution is -2.36. The van der Waals surface area contributed by atoms with Crippen LogP contribution in [0.2, 0.25) is 0 Å². The van der Waals surface area contributed by atoms with Crippen LogP contribution in [0.5, 0.6) is 0 Å². The highest BCUT2D eigenvalue weighted by atomic mass is 19.4. The van der Waals surface area contributed by atoms with Gasteiger partial charge in [-0.3, -0.25) is 5.10 Å². The van der Waals surface area contributed by atoms with Gasteiger partial charge in [-0.25, -0.2) is 18.7 Å². The third-order valence-corrected chi connectivity index (χ3v) is 5.09. The van der Waals surface area contributed by atoms with Crippen molar-refractivity contribution in [2.24, 2.45) is 0 Å². The van der Waals surface area contributed by atoms with E-state index in [2.05, 4.69) is 30.9 Å². The van der Waals surface area contributed by atoms with E-state index >= 15 is 0 Å². The standard InChI is InChI=1S/C19H21F4N7O2/c1-9(2)25-18(31)32-13-4-3-10(16(13)20)11-7-15(28-27-11)26-17-12-8-14(19(21,22)23)29-30(12)6-5-24-17/h5-10,13,16H,3-4H2,1-2H3,(H,25,31)(H2,24,26,27,28)/t10-,13-,16+/m0/s1. The van der Waals surface area contributed by atoms with Gasteiger partial charge in [0.25, 0.3) is 0 Å². The lowest BCUT2D eigenvalue weighted by atomic mass is 10.0. The summed E-state index contributed by atoms with van der Waals surface area (Å²) in [5.41, 5.74) is -0.458. The van der Waals surface area contributed by atoms with E-state index < -0.39 is 36.2 Å². The SMILES string of the molecule is CC(C)NC(=O)O[C@H]1CC[C@@H](c2cc(Nc3nccn4nc(C(F)(F)F)cc34)n[nH]2)[C@H]1F. The summed E-state index contributed by atoms with van der Waals surface area (Å²) in [6.45, 7) is 3.54. The van der Waals surface area contributed by atoms with Gasteiger partial charge >= 0.3 is 12.3 Å². The predicted octanol–water partition coefficient (Wildman–Crippen LogP) is 3.93. The highest BCUT2D eigenvalue weighted by Crippen LogP contribution is 2.39. The summed E-state index contributed by atoms with van der Waals surface area (Å²) < 4.78 is 60.0. The average Bonchev–Trinajstić information content (AvgIpc) is 3.40. The van der Waals surface area contributed by atoms with Crippen LogP contribution < -0.4 is 10.6 Å². The summed E-state index contributed by atoms with van der Waals surface area (Å²) in [5.74, 6) is -0.196. The molecule has 3 atom stereocenters. The predicted molar refractivity (Wildman–Crippen MR) is 105 cm³/mol. The topological polar surface area (TPSA) is 109 Å². The van der Waals surface area contributed by atoms with Gasteiger partial charge in [-0.05, 0) is 26.7 Å². The smallest absolute Gasteiger partial charge is 0.435 e. The minimum Gasteiger partial charge on any atom is -0.443 e. The molecule has 1 fully saturated rings. The fraction of sp³-hybridized carbons (Fsp3) is 0.474. The van der Waals surface area contributed by atoms with Gasteiger partial charge in [-0.15, -0.1) is 0 Å². The van der Waals surface area contributed by atoms with Gasteiger partial charge in [-0.1, -0.05) is 0 Å². The van der Waals surface area contributed by atoms with Crippen LogP contribution in [0.3, 0.4) is 0 Å². The molecule has 1 aliphatic rings. The Morgan fingerprint density at radius 2 is 2.09 bits per heavy atom. The van der Waals surface area contributed by atoms with Gasteiger partial charge in [0, 0.05) is 42.2 Å². The van der Waals surface area contributed by atoms with Gasteiger partial charge in [0.2, 0.25) is 0 Å². The lowest BCUT2D eigenvalue weighted by molar-refractivity contribution is -0.141. The molecule has 32 heavy (non-hydrogen) atoms. The third-order valence-electron chi connectivity index (χ3n) is 5.09. The second-order valence-electron chi connectivity index (χ2n) is 7.84. The average molecular weight is 455 g/mol. The van der Waals surface area contributed by atoms with Crippen molar-refractivity contribution in [3.05, 3.63) is 35.9 Å². The molecule has 172 valence electrons. The molecule has 9 nitrogen and oxygen atoms in total. The van der Waals surface area contributed by atoms with Gasteiger partial charge in [-0.2, -0.15) is 23.4 Å². The van der Waals surface area contributed by atoms with Crippen molar-refractivity contribution in [2.45, 2.75) is 57.1 Å². The van der Waals surface area contributed by atoms with E-state index in [0.29, 0.717) is 18.5 Å². The summed E-state index contributed by atoms with van der Waals surface area (Å²) in [6.07, 6.45) is -4.16. The Labute approximate surface area is 179 Å². The van der Waals surface area contributed by atoms with Crippen molar-refractivity contribution in [2.75, 3.05) is 5.32 Å². The number of nitrogens with one attached hydrogen (secondary N) is 3. The molecule has 3 N–H and O–H groups in total. The molecule has 0 radical (unpaired) electrons. The quantitative estimate of drug-likeness (QED) is 0.503. The van der Waals surface area contributed by atoms with E-state index in [9.17, 15) is 22.4 Å². The van der Waals surface area contributed by atoms with Gasteiger partial charge in [0.1, 0.15) is 17.8 Å². The van der Waals surface area contributed by atoms with E-state index in [1.54, 1.807) is 19.9 Å². The molecular weight excluding hydrogens is 434 g/mol. The first-order valence-corrected chi connectivity index (χ1v) is 9.97. The number of fused-ring (bicyclic) bond motifs is 1. The fourth-order valence-electron chi connectivity index (χ4n) is 3.65. The molecular formula is C19H21F4N7O2. The number of alkyl carbamates (subject to hydrolysis) is 1. The molecule has 0 bridgehead atoms. The van der Waals surface area contributed by atoms with Crippen molar-refractivity contribution in [3.8, 4) is 0 Å². The molecule has 0 saturated heterocycles. The van der Waals surface area contributed by atoms with Gasteiger partial charge in [0.15, 0.2) is 17.3 Å². The Balaban J connectivity index is 1.47. The van der Waals surface area contributed by atoms with Crippen molar-refractivity contribution in [1.29, 1.82) is 0 Å². The number of carbonyl (C=O) groups is 1. The van der Waals surface area contributed by atoms with Crippen molar-refractivity contribution < 1.29 is 27.1 Å². The number of aromatic nitrogens is 5. The number of alkyl halides is 4. The minimum absolute atomic E-state index is 0.109. The molecule has 1 amide bonds. The van der Waals surface area contributed by atoms with E-state index in [4.69, 9.17) is 4.74 Å². The first-order chi connectivity index (χ1) is 15.1. The summed E-state index contributed by atoms with van der Waals surface area (Å²) in [6, 6.07) is 2.31. The van der Waals surface area contributed by atoms with Crippen LogP contribution in [0.4, 0.5) is 34.0 Å². The number of halogens is 4. The zero-order valence-electron chi connectivity index (χ0n) is 17.2. The molecule has 1 saturated carbocycles. The Morgan fingerprint density at radius 3 is 2.81 bits per heavy atom. The van der Waals surface area contributed by atoms with E-state index in [-0.39, 0.29) is 23.2 Å². The molecule has 3 aromatic rings. The first-order valence-electron chi connectivity index (χ1n) is 9.97. The molecule has 0 unspecified atom stereocenters. The van der Waals surface area contributed by atoms with Crippen molar-refractivity contribution in [3.63, 3.8) is 0 Å². The van der Waals surface area contributed by atoms with Crippen LogP contribution in [-0.2, 0) is 10.9 Å². The number of ether oxygens (including phenoxy) is 1. The minimum atomic E-state index is -4.59. The zero-order valence-corrected chi connectivity index (χ0v) is 17.2. The maximum absolute atomic E-state index is 14.9. The summed E-state index contributed by atoms with van der Waals surface area (Å²) >= 11 is 0. The van der Waals surface area contributed by atoms with Gasteiger partial charge < -0.3 is 15.4 Å². The molecule has 13 heteroatoms. The van der Waals surface area contributed by atoms with Crippen LogP contribution in [0, 0.1) is 0 Å². The molecule has 0 aliphatic heterocycles. The molecule has 0 spiro atoms. The number of anilines is 2. The summed E-state index contributed by atoms with van der Waals surface area (Å²) in [5, 5.41) is 15.7. The highest BCUT2D eigenvalue weighted by molar-refractivity contribution is 5.72. The van der Waals surface area contributed by atoms with Crippen LogP contribution in [0.1, 0.15) is 44.0 Å². The van der Waals surface area contributed by atoms with Crippen molar-refractivity contribution >= 4 is 23.2 Å². The molecule has 1 aliphatic carbocycles. The Bertz CT molecular complexity index is 1110. The molecule has 0 aromatic carbocycles. The Kier molecular flexibility index (Phi) is 5.65. The summed E-state index contributed by atoms with van der Waals surface area (Å²) in [4.78, 5) is 15.8. The second kappa shape index (κ2) is 8.28. The lowest BCUT2D eigenvalue weighted by Gasteiger charge is -2.18. The number of H-pyrrole nitrogens is 1. The van der Waals surface area contributed by atoms with E-state index in [0.717, 1.165) is 10.6 Å². The number of hydrogen-bond acceptors (Lipinski definition) is 6. The van der Waals surface area contributed by atoms with Crippen LogP contribution in [-0.4, -0.2) is 49.2 Å². The van der Waals surface area contributed by atoms with Crippen LogP contribution in [0.15, 0.2) is 24.5 Å². The molecule has 3 aromatic heterocycles. The van der Waals surface area contributed by atoms with Crippen molar-refractivity contribution in [1.82, 2.24) is 30.1 Å². The first kappa shape index (κ1) is 21.8. The van der Waals surface area contributed by atoms with Crippen LogP contribution in [0.25, 0.3) is 5.52 Å². The molecule has 3 heterocycles. The fourth-order valence-corrected chi connectivity index (χ4v) is 3.65. The Morgan fingerprint density at radius 1 is 1.31 bits per heavy atom. The maximum atomic E-state index is 14.9. The number of aromatic amines is 1. The normalized spacial score (nSPS) is 21.3. The molecule has 4 rings (SSSR count). The third kappa shape index (κ3) is 4.46. The number of amides is 1. The number of nitrogens with zero attached hydrogens (tertiary/aromatic N) is 4. The second-order valence-corrected chi connectivity index (χ2v) is 7.84.